The number of amides is 1. The Morgan fingerprint density at radius 1 is 1.23 bits per heavy atom. The molecule has 1 amide bonds. The maximum atomic E-state index is 11.8. The Kier molecular flexibility index (Phi) is 4.75. The molecule has 0 aliphatic heterocycles. The van der Waals surface area contributed by atoms with Crippen molar-refractivity contribution in [2.24, 2.45) is 0 Å². The lowest BCUT2D eigenvalue weighted by Gasteiger charge is -2.14. The van der Waals surface area contributed by atoms with Crippen LogP contribution < -0.4 is 5.32 Å². The van der Waals surface area contributed by atoms with Crippen LogP contribution >= 0.6 is 0 Å². The fourth-order valence-electron chi connectivity index (χ4n) is 1.98. The average Bonchev–Trinajstić information content (AvgIpc) is 2.46. The number of benzene rings is 1. The van der Waals surface area contributed by atoms with E-state index in [2.05, 4.69) is 5.32 Å². The number of hydrogen-bond acceptors (Lipinski definition) is 4. The zero-order valence-electron chi connectivity index (χ0n) is 11.6. The molecule has 0 spiro atoms. The molecule has 0 saturated carbocycles. The van der Waals surface area contributed by atoms with E-state index in [1.54, 1.807) is 12.1 Å². The molecule has 1 unspecified atom stereocenters. The zero-order valence-corrected chi connectivity index (χ0v) is 11.6. The van der Waals surface area contributed by atoms with Crippen molar-refractivity contribution in [1.29, 1.82) is 0 Å². The summed E-state index contributed by atoms with van der Waals surface area (Å²) in [4.78, 5) is 22.9. The van der Waals surface area contributed by atoms with Crippen molar-refractivity contribution in [3.63, 3.8) is 0 Å². The molecule has 0 fully saturated rings. The van der Waals surface area contributed by atoms with Gasteiger partial charge < -0.3 is 20.6 Å². The number of hydrogen-bond donors (Lipinski definition) is 4. The number of carboxylic acids is 1. The lowest BCUT2D eigenvalue weighted by molar-refractivity contribution is -0.111. The quantitative estimate of drug-likeness (QED) is 0.636. The molecule has 1 aromatic rings. The highest BCUT2D eigenvalue weighted by atomic mass is 16.4. The molecule has 114 valence electrons. The number of para-hydroxylation sites is 1. The van der Waals surface area contributed by atoms with E-state index in [9.17, 15) is 19.8 Å². The number of carboxylic acid groups (broad SMARTS) is 1. The van der Waals surface area contributed by atoms with Crippen LogP contribution in [0.1, 0.15) is 16.8 Å². The van der Waals surface area contributed by atoms with Gasteiger partial charge in [-0.05, 0) is 23.8 Å². The molecular formula is C16H15NO5. The normalized spacial score (nSPS) is 17.8. The van der Waals surface area contributed by atoms with Crippen LogP contribution in [0.15, 0.2) is 59.9 Å². The van der Waals surface area contributed by atoms with E-state index in [4.69, 9.17) is 5.11 Å². The summed E-state index contributed by atoms with van der Waals surface area (Å²) >= 11 is 0. The van der Waals surface area contributed by atoms with Gasteiger partial charge in [-0.15, -0.1) is 0 Å². The Balaban J connectivity index is 2.08. The molecule has 0 radical (unpaired) electrons. The monoisotopic (exact) mass is 301 g/mol. The third kappa shape index (κ3) is 3.83. The highest BCUT2D eigenvalue weighted by Gasteiger charge is 2.15. The smallest absolute Gasteiger partial charge is 0.337 e. The predicted molar refractivity (Wildman–Crippen MR) is 80.6 cm³/mol. The topological polar surface area (TPSA) is 107 Å². The number of carbonyl (C=O) groups excluding carboxylic acids is 1. The minimum Gasteiger partial charge on any atom is -0.512 e. The summed E-state index contributed by atoms with van der Waals surface area (Å²) in [5, 5.41) is 30.5. The van der Waals surface area contributed by atoms with Gasteiger partial charge in [0.15, 0.2) is 0 Å². The average molecular weight is 301 g/mol. The van der Waals surface area contributed by atoms with Gasteiger partial charge in [-0.25, -0.2) is 4.79 Å². The molecule has 1 aliphatic rings. The van der Waals surface area contributed by atoms with Gasteiger partial charge in [0.25, 0.3) is 0 Å². The van der Waals surface area contributed by atoms with E-state index >= 15 is 0 Å². The predicted octanol–water partition coefficient (Wildman–Crippen LogP) is 2.01. The van der Waals surface area contributed by atoms with Gasteiger partial charge in [-0.1, -0.05) is 24.3 Å². The van der Waals surface area contributed by atoms with E-state index in [0.29, 0.717) is 5.57 Å². The highest BCUT2D eigenvalue weighted by Crippen LogP contribution is 2.19. The van der Waals surface area contributed by atoms with Gasteiger partial charge >= 0.3 is 5.97 Å². The van der Waals surface area contributed by atoms with Crippen molar-refractivity contribution in [1.82, 2.24) is 0 Å². The van der Waals surface area contributed by atoms with Crippen LogP contribution in [0.3, 0.4) is 0 Å². The van der Waals surface area contributed by atoms with Crippen molar-refractivity contribution in [2.45, 2.75) is 12.5 Å². The summed E-state index contributed by atoms with van der Waals surface area (Å²) in [7, 11) is 0. The fourth-order valence-corrected chi connectivity index (χ4v) is 1.98. The second-order valence-electron chi connectivity index (χ2n) is 4.72. The molecule has 1 atom stereocenters. The van der Waals surface area contributed by atoms with Gasteiger partial charge in [0, 0.05) is 12.5 Å². The second kappa shape index (κ2) is 6.73. The number of allylic oxidation sites excluding steroid dienone is 2. The fraction of sp³-hybridized carbons (Fsp3) is 0.125. The van der Waals surface area contributed by atoms with Crippen LogP contribution in [0.5, 0.6) is 0 Å². The minimum atomic E-state index is -1.13. The van der Waals surface area contributed by atoms with Gasteiger partial charge in [0.2, 0.25) is 5.91 Å². The first-order chi connectivity index (χ1) is 10.5. The molecule has 0 bridgehead atoms. The van der Waals surface area contributed by atoms with Crippen LogP contribution in [0.2, 0.25) is 0 Å². The number of aromatic carboxylic acids is 1. The number of anilines is 1. The number of aliphatic hydroxyl groups is 2. The Bertz CT molecular complexity index is 688. The van der Waals surface area contributed by atoms with Crippen LogP contribution in [0, 0.1) is 0 Å². The highest BCUT2D eigenvalue weighted by molar-refractivity contribution is 6.04. The minimum absolute atomic E-state index is 0.00553. The molecule has 0 saturated heterocycles. The molecule has 22 heavy (non-hydrogen) atoms. The molecule has 1 aliphatic carbocycles. The summed E-state index contributed by atoms with van der Waals surface area (Å²) < 4.78 is 0. The van der Waals surface area contributed by atoms with E-state index in [1.165, 1.54) is 36.4 Å². The lowest BCUT2D eigenvalue weighted by atomic mass is 10.00. The van der Waals surface area contributed by atoms with Gasteiger partial charge in [0.1, 0.15) is 0 Å². The standard InChI is InChI=1S/C16H15NO5/c18-11-7-5-10(14(19)9-11)6-8-15(20)17-13-4-2-1-3-12(13)16(21)22/h1-8,14,18-19H,9H2,(H,17,20)(H,21,22)/b8-6+. The molecule has 6 heteroatoms. The summed E-state index contributed by atoms with van der Waals surface area (Å²) in [5.74, 6) is -1.57. The molecular weight excluding hydrogens is 286 g/mol. The van der Waals surface area contributed by atoms with Crippen molar-refractivity contribution >= 4 is 17.6 Å². The second-order valence-corrected chi connectivity index (χ2v) is 4.72. The number of carbonyl (C=O) groups is 2. The van der Waals surface area contributed by atoms with Crippen molar-refractivity contribution in [2.75, 3.05) is 5.32 Å². The molecule has 2 rings (SSSR count). The van der Waals surface area contributed by atoms with Crippen LogP contribution in [0.4, 0.5) is 5.69 Å². The third-order valence-electron chi connectivity index (χ3n) is 3.10. The Morgan fingerprint density at radius 2 is 1.95 bits per heavy atom. The molecule has 0 heterocycles. The lowest BCUT2D eigenvalue weighted by Crippen LogP contribution is -2.15. The van der Waals surface area contributed by atoms with Gasteiger partial charge in [-0.2, -0.15) is 0 Å². The van der Waals surface area contributed by atoms with E-state index in [-0.39, 0.29) is 23.4 Å². The van der Waals surface area contributed by atoms with Crippen LogP contribution in [-0.2, 0) is 4.79 Å². The number of aliphatic hydroxyl groups excluding tert-OH is 2. The Labute approximate surface area is 126 Å². The Morgan fingerprint density at radius 3 is 2.64 bits per heavy atom. The van der Waals surface area contributed by atoms with E-state index in [0.717, 1.165) is 0 Å². The van der Waals surface area contributed by atoms with Crippen LogP contribution in [0.25, 0.3) is 0 Å². The summed E-state index contributed by atoms with van der Waals surface area (Å²) in [6.07, 6.45) is 4.80. The zero-order chi connectivity index (χ0) is 16.1. The van der Waals surface area contributed by atoms with E-state index < -0.39 is 18.0 Å². The molecule has 4 N–H and O–H groups in total. The maximum absolute atomic E-state index is 11.8. The maximum Gasteiger partial charge on any atom is 0.337 e. The summed E-state index contributed by atoms with van der Waals surface area (Å²) in [6, 6.07) is 6.07. The summed E-state index contributed by atoms with van der Waals surface area (Å²) in [5.41, 5.74) is 0.675. The van der Waals surface area contributed by atoms with E-state index in [1.807, 2.05) is 0 Å². The number of nitrogens with one attached hydrogen (secondary N) is 1. The summed E-state index contributed by atoms with van der Waals surface area (Å²) in [6.45, 7) is 0. The molecule has 0 aromatic heterocycles. The van der Waals surface area contributed by atoms with Gasteiger partial charge in [0.05, 0.1) is 23.1 Å². The Hall–Kier alpha value is -2.86. The first-order valence-corrected chi connectivity index (χ1v) is 6.56. The first kappa shape index (κ1) is 15.5. The SMILES string of the molecule is O=C(/C=C/C1=CC=C(O)CC1O)Nc1ccccc1C(=O)O. The van der Waals surface area contributed by atoms with Gasteiger partial charge in [-0.3, -0.25) is 4.79 Å². The largest absolute Gasteiger partial charge is 0.512 e. The molecule has 6 nitrogen and oxygen atoms in total. The van der Waals surface area contributed by atoms with Crippen molar-refractivity contribution in [3.8, 4) is 0 Å². The third-order valence-corrected chi connectivity index (χ3v) is 3.10. The van der Waals surface area contributed by atoms with Crippen LogP contribution in [-0.4, -0.2) is 33.3 Å². The first-order valence-electron chi connectivity index (χ1n) is 6.56. The number of rotatable bonds is 4. The van der Waals surface area contributed by atoms with Crippen molar-refractivity contribution in [3.05, 3.63) is 65.5 Å². The molecule has 1 aromatic carbocycles. The van der Waals surface area contributed by atoms with Crippen molar-refractivity contribution < 1.29 is 24.9 Å².